The van der Waals surface area contributed by atoms with Crippen LogP contribution < -0.4 is 5.32 Å². The summed E-state index contributed by atoms with van der Waals surface area (Å²) in [5.74, 6) is -0.316. The van der Waals surface area contributed by atoms with Crippen molar-refractivity contribution < 1.29 is 9.50 Å². The zero-order valence-electron chi connectivity index (χ0n) is 14.2. The highest BCUT2D eigenvalue weighted by Gasteiger charge is 2.27. The number of hydrogen-bond donors (Lipinski definition) is 2. The molecule has 2 atom stereocenters. The lowest BCUT2D eigenvalue weighted by Crippen LogP contribution is -2.41. The van der Waals surface area contributed by atoms with Gasteiger partial charge in [0.25, 0.3) is 0 Å². The lowest BCUT2D eigenvalue weighted by atomic mass is 10.0. The van der Waals surface area contributed by atoms with Gasteiger partial charge in [-0.15, -0.1) is 11.3 Å². The number of rotatable bonds is 2. The Hall–Kier alpha value is -2.29. The molecule has 0 unspecified atom stereocenters. The third-order valence-corrected chi connectivity index (χ3v) is 6.15. The van der Waals surface area contributed by atoms with Crippen LogP contribution in [0, 0.1) is 5.82 Å². The number of aromatic nitrogens is 4. The second-order valence-electron chi connectivity index (χ2n) is 6.79. The monoisotopic (exact) mass is 371 g/mol. The molecule has 1 aromatic carbocycles. The van der Waals surface area contributed by atoms with Gasteiger partial charge in [-0.3, -0.25) is 4.68 Å². The van der Waals surface area contributed by atoms with Crippen LogP contribution in [0.1, 0.15) is 12.5 Å². The molecule has 134 valence electrons. The van der Waals surface area contributed by atoms with Crippen LogP contribution in [-0.2, 0) is 7.05 Å². The summed E-state index contributed by atoms with van der Waals surface area (Å²) in [5.41, 5.74) is 1.22. The summed E-state index contributed by atoms with van der Waals surface area (Å²) >= 11 is 1.57. The first-order chi connectivity index (χ1) is 12.6. The van der Waals surface area contributed by atoms with Crippen molar-refractivity contribution in [3.05, 3.63) is 36.4 Å². The summed E-state index contributed by atoms with van der Waals surface area (Å²) in [6.45, 7) is 1.52. The molecule has 0 aliphatic carbocycles. The largest absolute Gasteiger partial charge is 0.391 e. The zero-order chi connectivity index (χ0) is 17.8. The van der Waals surface area contributed by atoms with E-state index in [0.29, 0.717) is 18.5 Å². The first-order valence-electron chi connectivity index (χ1n) is 8.59. The predicted octanol–water partition coefficient (Wildman–Crippen LogP) is 2.69. The molecule has 2 N–H and O–H groups in total. The summed E-state index contributed by atoms with van der Waals surface area (Å²) in [6, 6.07) is 5.45. The van der Waals surface area contributed by atoms with Gasteiger partial charge in [0, 0.05) is 35.4 Å². The number of fused-ring (bicyclic) bond motifs is 2. The fourth-order valence-corrected chi connectivity index (χ4v) is 4.79. The van der Waals surface area contributed by atoms with E-state index in [9.17, 15) is 9.50 Å². The molecule has 1 aliphatic rings. The Morgan fingerprint density at radius 1 is 1.31 bits per heavy atom. The van der Waals surface area contributed by atoms with Crippen LogP contribution in [0.5, 0.6) is 0 Å². The molecule has 0 bridgehead atoms. The van der Waals surface area contributed by atoms with Gasteiger partial charge < -0.3 is 10.4 Å². The topological polar surface area (TPSA) is 67.9 Å². The minimum absolute atomic E-state index is 0.0784. The van der Waals surface area contributed by atoms with Crippen LogP contribution in [0.4, 0.5) is 4.39 Å². The lowest BCUT2D eigenvalue weighted by molar-refractivity contribution is 0.0807. The van der Waals surface area contributed by atoms with Gasteiger partial charge in [0.15, 0.2) is 5.82 Å². The second kappa shape index (κ2) is 5.87. The van der Waals surface area contributed by atoms with Crippen LogP contribution in [0.3, 0.4) is 0 Å². The van der Waals surface area contributed by atoms with Crippen molar-refractivity contribution in [2.24, 2.45) is 7.05 Å². The van der Waals surface area contributed by atoms with E-state index in [1.54, 1.807) is 23.1 Å². The molecule has 0 amide bonds. The Morgan fingerprint density at radius 2 is 2.19 bits per heavy atom. The molecule has 3 aromatic heterocycles. The van der Waals surface area contributed by atoms with Crippen LogP contribution in [0.2, 0.25) is 0 Å². The normalized spacial score (nSPS) is 21.0. The molecule has 6 nitrogen and oxygen atoms in total. The molecule has 1 fully saturated rings. The Bertz CT molecular complexity index is 1110. The summed E-state index contributed by atoms with van der Waals surface area (Å²) in [7, 11) is 1.79. The molecule has 5 rings (SSSR count). The minimum Gasteiger partial charge on any atom is -0.391 e. The standard InChI is InChI=1S/C18H18FN5OS/c1-23-9-12-4-10(5-13(19)17(12)22-23)16-6-11-7-21-24(18(11)26-16)14-8-20-3-2-15(14)25/h4-7,9,14-15,20,25H,2-3,8H2,1H3/t14-,15-/m1/s1. The molecule has 1 aliphatic heterocycles. The molecule has 0 spiro atoms. The second-order valence-corrected chi connectivity index (χ2v) is 7.82. The third-order valence-electron chi connectivity index (χ3n) is 4.96. The Balaban J connectivity index is 1.60. The molecule has 4 heterocycles. The fraction of sp³-hybridized carbons (Fsp3) is 0.333. The van der Waals surface area contributed by atoms with E-state index in [2.05, 4.69) is 15.5 Å². The van der Waals surface area contributed by atoms with Gasteiger partial charge in [-0.05, 0) is 36.7 Å². The Morgan fingerprint density at radius 3 is 3.04 bits per heavy atom. The lowest BCUT2D eigenvalue weighted by Gasteiger charge is -2.28. The Labute approximate surface area is 152 Å². The average molecular weight is 371 g/mol. The smallest absolute Gasteiger partial charge is 0.151 e. The van der Waals surface area contributed by atoms with Crippen LogP contribution in [0.25, 0.3) is 31.6 Å². The minimum atomic E-state index is -0.408. The third kappa shape index (κ3) is 2.45. The number of halogens is 1. The number of hydrogen-bond acceptors (Lipinski definition) is 5. The van der Waals surface area contributed by atoms with Crippen molar-refractivity contribution in [2.75, 3.05) is 13.1 Å². The van der Waals surface area contributed by atoms with Crippen molar-refractivity contribution in [3.8, 4) is 10.4 Å². The average Bonchev–Trinajstić information content (AvgIpc) is 3.28. The molecule has 8 heteroatoms. The van der Waals surface area contributed by atoms with E-state index >= 15 is 0 Å². The molecule has 26 heavy (non-hydrogen) atoms. The number of aryl methyl sites for hydroxylation is 1. The van der Waals surface area contributed by atoms with E-state index in [1.807, 2.05) is 29.2 Å². The van der Waals surface area contributed by atoms with Crippen LogP contribution in [-0.4, -0.2) is 43.9 Å². The van der Waals surface area contributed by atoms with Crippen molar-refractivity contribution >= 4 is 32.5 Å². The summed E-state index contributed by atoms with van der Waals surface area (Å²) in [5, 5.41) is 24.1. The van der Waals surface area contributed by atoms with Crippen LogP contribution in [0.15, 0.2) is 30.6 Å². The molecule has 0 saturated carbocycles. The zero-order valence-corrected chi connectivity index (χ0v) is 15.0. The summed E-state index contributed by atoms with van der Waals surface area (Å²) in [4.78, 5) is 1.98. The number of aliphatic hydroxyl groups excluding tert-OH is 1. The highest BCUT2D eigenvalue weighted by atomic mass is 32.1. The number of nitrogens with zero attached hydrogens (tertiary/aromatic N) is 4. The van der Waals surface area contributed by atoms with Crippen molar-refractivity contribution in [3.63, 3.8) is 0 Å². The molecule has 0 radical (unpaired) electrons. The van der Waals surface area contributed by atoms with E-state index in [4.69, 9.17) is 0 Å². The SMILES string of the molecule is Cn1cc2cc(-c3cc4cnn([C@@H]5CNCC[C@H]5O)c4s3)cc(F)c2n1. The van der Waals surface area contributed by atoms with Crippen molar-refractivity contribution in [1.29, 1.82) is 0 Å². The van der Waals surface area contributed by atoms with E-state index in [1.165, 1.54) is 6.07 Å². The van der Waals surface area contributed by atoms with Gasteiger partial charge in [0.2, 0.25) is 0 Å². The maximum atomic E-state index is 14.4. The summed E-state index contributed by atoms with van der Waals surface area (Å²) in [6.07, 6.45) is 3.94. The quantitative estimate of drug-likeness (QED) is 0.569. The van der Waals surface area contributed by atoms with Gasteiger partial charge in [-0.1, -0.05) is 0 Å². The first kappa shape index (κ1) is 15.9. The van der Waals surface area contributed by atoms with Crippen molar-refractivity contribution in [1.82, 2.24) is 24.9 Å². The van der Waals surface area contributed by atoms with E-state index < -0.39 is 6.10 Å². The van der Waals surface area contributed by atoms with Gasteiger partial charge >= 0.3 is 0 Å². The van der Waals surface area contributed by atoms with Crippen LogP contribution >= 0.6 is 11.3 Å². The highest BCUT2D eigenvalue weighted by Crippen LogP contribution is 2.37. The number of aliphatic hydroxyl groups is 1. The van der Waals surface area contributed by atoms with Gasteiger partial charge in [-0.25, -0.2) is 9.07 Å². The maximum absolute atomic E-state index is 14.4. The Kier molecular flexibility index (Phi) is 3.59. The number of piperidine rings is 1. The first-order valence-corrected chi connectivity index (χ1v) is 9.41. The van der Waals surface area contributed by atoms with Gasteiger partial charge in [0.1, 0.15) is 10.3 Å². The summed E-state index contributed by atoms with van der Waals surface area (Å²) < 4.78 is 17.9. The number of benzene rings is 1. The molecule has 1 saturated heterocycles. The maximum Gasteiger partial charge on any atom is 0.151 e. The van der Waals surface area contributed by atoms with Crippen molar-refractivity contribution in [2.45, 2.75) is 18.6 Å². The molecular formula is C18H18FN5OS. The van der Waals surface area contributed by atoms with Gasteiger partial charge in [-0.2, -0.15) is 10.2 Å². The highest BCUT2D eigenvalue weighted by molar-refractivity contribution is 7.21. The number of thiophene rings is 1. The van der Waals surface area contributed by atoms with E-state index in [0.717, 1.165) is 32.6 Å². The molecule has 4 aromatic rings. The fourth-order valence-electron chi connectivity index (χ4n) is 3.65. The van der Waals surface area contributed by atoms with Gasteiger partial charge in [0.05, 0.1) is 18.3 Å². The number of nitrogens with one attached hydrogen (secondary N) is 1. The predicted molar refractivity (Wildman–Crippen MR) is 99.8 cm³/mol. The van der Waals surface area contributed by atoms with E-state index in [-0.39, 0.29) is 11.9 Å². The molecular weight excluding hydrogens is 353 g/mol.